The molecule has 0 spiro atoms. The molecule has 0 aliphatic heterocycles. The van der Waals surface area contributed by atoms with Gasteiger partial charge in [0.05, 0.1) is 0 Å². The van der Waals surface area contributed by atoms with Crippen LogP contribution in [0, 0.1) is 0 Å². The molecule has 8 nitrogen and oxygen atoms in total. The quantitative estimate of drug-likeness (QED) is 0.355. The predicted molar refractivity (Wildman–Crippen MR) is 82.2 cm³/mol. The first-order chi connectivity index (χ1) is 11.0. The highest BCUT2D eigenvalue weighted by molar-refractivity contribution is 5.76. The maximum absolute atomic E-state index is 11.8. The first kappa shape index (κ1) is 19.0. The van der Waals surface area contributed by atoms with Crippen LogP contribution in [0.4, 0.5) is 0 Å². The van der Waals surface area contributed by atoms with Gasteiger partial charge in [-0.25, -0.2) is 4.79 Å². The largest absolute Gasteiger partial charge is 0.480 e. The van der Waals surface area contributed by atoms with Crippen molar-refractivity contribution in [1.29, 1.82) is 0 Å². The summed E-state index contributed by atoms with van der Waals surface area (Å²) in [6.07, 6.45) is 1.68. The highest BCUT2D eigenvalue weighted by Crippen LogP contribution is 2.10. The van der Waals surface area contributed by atoms with Gasteiger partial charge in [0, 0.05) is 6.42 Å². The van der Waals surface area contributed by atoms with Crippen molar-refractivity contribution in [2.45, 2.75) is 37.8 Å². The van der Waals surface area contributed by atoms with Crippen molar-refractivity contribution in [3.8, 4) is 0 Å². The van der Waals surface area contributed by atoms with Crippen molar-refractivity contribution < 1.29 is 24.7 Å². The van der Waals surface area contributed by atoms with Crippen molar-refractivity contribution in [1.82, 2.24) is 5.23 Å². The van der Waals surface area contributed by atoms with Gasteiger partial charge in [0.25, 0.3) is 0 Å². The highest BCUT2D eigenvalue weighted by atomic mass is 16.9. The standard InChI is InChI=1S/C15H23N3O5/c16-9-5-4-8-12(17)15(21)23-18(22)13(14(19)20)10-11-6-2-1-3-7-11/h1-3,6-7,12-13,22H,4-5,8-10,16-17H2,(H,19,20)/t12-,13-/m0/s1. The number of nitrogens with zero attached hydrogens (tertiary/aromatic N) is 1. The van der Waals surface area contributed by atoms with E-state index >= 15 is 0 Å². The van der Waals surface area contributed by atoms with E-state index in [9.17, 15) is 19.9 Å². The molecule has 1 aromatic rings. The Kier molecular flexibility index (Phi) is 8.20. The molecule has 128 valence electrons. The van der Waals surface area contributed by atoms with Crippen LogP contribution in [0.25, 0.3) is 0 Å². The van der Waals surface area contributed by atoms with Gasteiger partial charge in [0.1, 0.15) is 6.04 Å². The monoisotopic (exact) mass is 325 g/mol. The molecule has 0 amide bonds. The molecule has 0 bridgehead atoms. The van der Waals surface area contributed by atoms with Crippen LogP contribution in [-0.2, 0) is 20.8 Å². The third-order valence-electron chi connectivity index (χ3n) is 3.28. The number of carbonyl (C=O) groups is 2. The number of benzene rings is 1. The van der Waals surface area contributed by atoms with E-state index in [2.05, 4.69) is 4.84 Å². The number of carboxylic acids is 1. The summed E-state index contributed by atoms with van der Waals surface area (Å²) in [5.41, 5.74) is 11.7. The maximum atomic E-state index is 11.8. The van der Waals surface area contributed by atoms with Crippen LogP contribution >= 0.6 is 0 Å². The predicted octanol–water partition coefficient (Wildman–Crippen LogP) is 0.288. The molecular weight excluding hydrogens is 302 g/mol. The van der Waals surface area contributed by atoms with E-state index < -0.39 is 24.0 Å². The normalized spacial score (nSPS) is 13.6. The Morgan fingerprint density at radius 2 is 1.87 bits per heavy atom. The Morgan fingerprint density at radius 3 is 2.43 bits per heavy atom. The summed E-state index contributed by atoms with van der Waals surface area (Å²) in [6, 6.07) is 6.34. The highest BCUT2D eigenvalue weighted by Gasteiger charge is 2.30. The molecule has 0 unspecified atom stereocenters. The first-order valence-corrected chi connectivity index (χ1v) is 7.38. The number of nitrogens with two attached hydrogens (primary N) is 2. The summed E-state index contributed by atoms with van der Waals surface area (Å²) in [7, 11) is 0. The van der Waals surface area contributed by atoms with Crippen molar-refractivity contribution in [3.05, 3.63) is 35.9 Å². The number of aliphatic carboxylic acids is 1. The Bertz CT molecular complexity index is 497. The van der Waals surface area contributed by atoms with E-state index in [0.29, 0.717) is 24.9 Å². The molecular formula is C15H23N3O5. The summed E-state index contributed by atoms with van der Waals surface area (Å²) >= 11 is 0. The molecule has 0 saturated carbocycles. The van der Waals surface area contributed by atoms with E-state index in [1.165, 1.54) is 0 Å². The molecule has 2 atom stereocenters. The molecule has 0 radical (unpaired) electrons. The van der Waals surface area contributed by atoms with Crippen molar-refractivity contribution in [2.75, 3.05) is 6.54 Å². The van der Waals surface area contributed by atoms with Crippen molar-refractivity contribution in [2.24, 2.45) is 11.5 Å². The number of hydrogen-bond acceptors (Lipinski definition) is 7. The second-order valence-electron chi connectivity index (χ2n) is 5.15. The van der Waals surface area contributed by atoms with Gasteiger partial charge in [-0.2, -0.15) is 0 Å². The minimum Gasteiger partial charge on any atom is -0.480 e. The summed E-state index contributed by atoms with van der Waals surface area (Å²) < 4.78 is 0. The molecule has 1 aromatic carbocycles. The minimum absolute atomic E-state index is 0.0254. The molecule has 0 aliphatic rings. The van der Waals surface area contributed by atoms with Gasteiger partial charge in [-0.05, 0) is 30.2 Å². The number of rotatable bonds is 10. The van der Waals surface area contributed by atoms with Crippen LogP contribution in [0.5, 0.6) is 0 Å². The van der Waals surface area contributed by atoms with Gasteiger partial charge in [-0.15, -0.1) is 0 Å². The lowest BCUT2D eigenvalue weighted by Gasteiger charge is -2.22. The van der Waals surface area contributed by atoms with Gasteiger partial charge in [-0.1, -0.05) is 36.8 Å². The molecule has 1 rings (SSSR count). The van der Waals surface area contributed by atoms with Crippen LogP contribution < -0.4 is 11.5 Å². The van der Waals surface area contributed by atoms with E-state index in [4.69, 9.17) is 11.5 Å². The lowest BCUT2D eigenvalue weighted by molar-refractivity contribution is -0.335. The lowest BCUT2D eigenvalue weighted by atomic mass is 10.1. The molecule has 0 aliphatic carbocycles. The van der Waals surface area contributed by atoms with Gasteiger partial charge in [0.15, 0.2) is 6.04 Å². The zero-order valence-electron chi connectivity index (χ0n) is 12.8. The van der Waals surface area contributed by atoms with Gasteiger partial charge < -0.3 is 21.4 Å². The van der Waals surface area contributed by atoms with Crippen LogP contribution in [-0.4, -0.2) is 46.1 Å². The number of hydroxylamine groups is 2. The maximum Gasteiger partial charge on any atom is 0.344 e. The van der Waals surface area contributed by atoms with E-state index in [1.807, 2.05) is 0 Å². The number of carbonyl (C=O) groups excluding carboxylic acids is 1. The van der Waals surface area contributed by atoms with Crippen LogP contribution in [0.15, 0.2) is 30.3 Å². The lowest BCUT2D eigenvalue weighted by Crippen LogP contribution is -2.45. The molecule has 0 fully saturated rings. The molecule has 0 heterocycles. The fourth-order valence-electron chi connectivity index (χ4n) is 1.95. The summed E-state index contributed by atoms with van der Waals surface area (Å²) in [4.78, 5) is 27.7. The molecule has 6 N–H and O–H groups in total. The Labute approximate surface area is 134 Å². The van der Waals surface area contributed by atoms with Crippen molar-refractivity contribution in [3.63, 3.8) is 0 Å². The third kappa shape index (κ3) is 6.74. The van der Waals surface area contributed by atoms with Crippen LogP contribution in [0.3, 0.4) is 0 Å². The van der Waals surface area contributed by atoms with E-state index in [-0.39, 0.29) is 11.6 Å². The summed E-state index contributed by atoms with van der Waals surface area (Å²) in [5, 5.41) is 19.0. The zero-order valence-corrected chi connectivity index (χ0v) is 12.8. The smallest absolute Gasteiger partial charge is 0.344 e. The molecule has 0 saturated heterocycles. The minimum atomic E-state index is -1.42. The van der Waals surface area contributed by atoms with E-state index in [0.717, 1.165) is 6.42 Å². The zero-order chi connectivity index (χ0) is 17.2. The summed E-state index contributed by atoms with van der Waals surface area (Å²) in [6.45, 7) is 0.492. The number of carboxylic acid groups (broad SMARTS) is 1. The molecule has 0 aromatic heterocycles. The fourth-order valence-corrected chi connectivity index (χ4v) is 1.95. The second-order valence-corrected chi connectivity index (χ2v) is 5.15. The van der Waals surface area contributed by atoms with E-state index in [1.54, 1.807) is 30.3 Å². The Balaban J connectivity index is 2.58. The number of hydrogen-bond donors (Lipinski definition) is 4. The third-order valence-corrected chi connectivity index (χ3v) is 3.28. The average molecular weight is 325 g/mol. The van der Waals surface area contributed by atoms with Crippen molar-refractivity contribution >= 4 is 11.9 Å². The fraction of sp³-hybridized carbons (Fsp3) is 0.467. The van der Waals surface area contributed by atoms with Crippen LogP contribution in [0.2, 0.25) is 0 Å². The average Bonchev–Trinajstić information content (AvgIpc) is 2.53. The second kappa shape index (κ2) is 9.90. The molecule has 8 heteroatoms. The van der Waals surface area contributed by atoms with Gasteiger partial charge in [-0.3, -0.25) is 10.0 Å². The number of unbranched alkanes of at least 4 members (excludes halogenated alkanes) is 1. The van der Waals surface area contributed by atoms with Crippen LogP contribution in [0.1, 0.15) is 24.8 Å². The van der Waals surface area contributed by atoms with Gasteiger partial charge in [0.2, 0.25) is 0 Å². The SMILES string of the molecule is NCCCC[C@H](N)C(=O)ON(O)[C@@H](Cc1ccccc1)C(=O)O. The Morgan fingerprint density at radius 1 is 1.22 bits per heavy atom. The Hall–Kier alpha value is -2.00. The first-order valence-electron chi connectivity index (χ1n) is 7.38. The van der Waals surface area contributed by atoms with Gasteiger partial charge >= 0.3 is 11.9 Å². The topological polar surface area (TPSA) is 139 Å². The molecule has 23 heavy (non-hydrogen) atoms. The summed E-state index contributed by atoms with van der Waals surface area (Å²) in [5.74, 6) is -2.20.